The molecule has 1 aromatic carbocycles. The Morgan fingerprint density at radius 3 is 2.52 bits per heavy atom. The fraction of sp³-hybridized carbons (Fsp3) is 0.500. The van der Waals surface area contributed by atoms with Crippen molar-refractivity contribution in [3.05, 3.63) is 24.3 Å². The van der Waals surface area contributed by atoms with Gasteiger partial charge >= 0.3 is 5.97 Å². The van der Waals surface area contributed by atoms with Gasteiger partial charge in [0, 0.05) is 25.4 Å². The second kappa shape index (κ2) is 7.68. The Labute approximate surface area is 150 Å². The highest BCUT2D eigenvalue weighted by Gasteiger charge is 2.40. The minimum Gasteiger partial charge on any atom is -0.479 e. The third-order valence-electron chi connectivity index (χ3n) is 3.88. The molecule has 136 valence electrons. The van der Waals surface area contributed by atoms with Crippen LogP contribution in [0.25, 0.3) is 0 Å². The Morgan fingerprint density at radius 1 is 1.20 bits per heavy atom. The van der Waals surface area contributed by atoms with Crippen LogP contribution in [0.4, 0.5) is 5.69 Å². The lowest BCUT2D eigenvalue weighted by molar-refractivity contribution is -0.138. The van der Waals surface area contributed by atoms with E-state index in [1.54, 1.807) is 12.1 Å². The molecule has 9 nitrogen and oxygen atoms in total. The van der Waals surface area contributed by atoms with Crippen molar-refractivity contribution in [2.75, 3.05) is 38.5 Å². The van der Waals surface area contributed by atoms with E-state index in [-0.39, 0.29) is 11.4 Å². The SMILES string of the molecule is O=C(O)C1SCCN1S(=O)(=O)c1ccc(N=NN2CCNCC2)cc1. The molecule has 0 aromatic heterocycles. The molecule has 0 aliphatic carbocycles. The lowest BCUT2D eigenvalue weighted by atomic mass is 10.3. The number of nitrogens with zero attached hydrogens (tertiary/aromatic N) is 4. The summed E-state index contributed by atoms with van der Waals surface area (Å²) < 4.78 is 26.3. The van der Waals surface area contributed by atoms with Crippen LogP contribution in [0.15, 0.2) is 39.5 Å². The molecule has 2 N–H and O–H groups in total. The van der Waals surface area contributed by atoms with Crippen molar-refractivity contribution >= 4 is 33.4 Å². The van der Waals surface area contributed by atoms with E-state index in [0.717, 1.165) is 42.2 Å². The molecule has 11 heteroatoms. The van der Waals surface area contributed by atoms with Crippen LogP contribution in [0.5, 0.6) is 0 Å². The number of thioether (sulfide) groups is 1. The number of hydrogen-bond donors (Lipinski definition) is 2. The zero-order valence-corrected chi connectivity index (χ0v) is 15.0. The van der Waals surface area contributed by atoms with E-state index in [0.29, 0.717) is 11.4 Å². The number of carboxylic acids is 1. The molecule has 0 radical (unpaired) electrons. The Balaban J connectivity index is 1.72. The van der Waals surface area contributed by atoms with E-state index in [1.165, 1.54) is 12.1 Å². The molecule has 2 fully saturated rings. The van der Waals surface area contributed by atoms with Gasteiger partial charge in [0.25, 0.3) is 0 Å². The molecule has 2 saturated heterocycles. The Bertz CT molecular complexity index is 747. The highest BCUT2D eigenvalue weighted by Crippen LogP contribution is 2.30. The Kier molecular flexibility index (Phi) is 5.57. The number of carbonyl (C=O) groups is 1. The summed E-state index contributed by atoms with van der Waals surface area (Å²) in [6, 6.07) is 6.00. The average Bonchev–Trinajstić information content (AvgIpc) is 3.12. The lowest BCUT2D eigenvalue weighted by Gasteiger charge is -2.22. The zero-order chi connectivity index (χ0) is 17.9. The molecule has 2 aliphatic rings. The first-order chi connectivity index (χ1) is 12.0. The maximum absolute atomic E-state index is 12.6. The normalized spacial score (nSPS) is 22.6. The predicted molar refractivity (Wildman–Crippen MR) is 93.2 cm³/mol. The van der Waals surface area contributed by atoms with Gasteiger partial charge in [0.1, 0.15) is 0 Å². The number of sulfonamides is 1. The third-order valence-corrected chi connectivity index (χ3v) is 7.09. The van der Waals surface area contributed by atoms with Crippen molar-refractivity contribution in [2.45, 2.75) is 10.3 Å². The van der Waals surface area contributed by atoms with Crippen LogP contribution in [0.3, 0.4) is 0 Å². The zero-order valence-electron chi connectivity index (χ0n) is 13.4. The summed E-state index contributed by atoms with van der Waals surface area (Å²) in [7, 11) is -3.84. The van der Waals surface area contributed by atoms with Crippen LogP contribution in [0, 0.1) is 0 Å². The molecule has 2 heterocycles. The summed E-state index contributed by atoms with van der Waals surface area (Å²) in [4.78, 5) is 11.3. The van der Waals surface area contributed by atoms with Gasteiger partial charge in [-0.1, -0.05) is 5.22 Å². The molecule has 1 unspecified atom stereocenters. The molecule has 0 spiro atoms. The number of rotatable bonds is 5. The van der Waals surface area contributed by atoms with Crippen LogP contribution < -0.4 is 5.32 Å². The van der Waals surface area contributed by atoms with Crippen molar-refractivity contribution in [2.24, 2.45) is 10.3 Å². The number of nitrogens with one attached hydrogen (secondary N) is 1. The summed E-state index contributed by atoms with van der Waals surface area (Å²) >= 11 is 1.11. The highest BCUT2D eigenvalue weighted by molar-refractivity contribution is 8.02. The molecule has 0 saturated carbocycles. The molecule has 25 heavy (non-hydrogen) atoms. The summed E-state index contributed by atoms with van der Waals surface area (Å²) in [6.07, 6.45) is 0. The summed E-state index contributed by atoms with van der Waals surface area (Å²) in [5, 5.41) is 21.4. The van der Waals surface area contributed by atoms with Gasteiger partial charge in [-0.3, -0.25) is 5.01 Å². The number of hydrogen-bond acceptors (Lipinski definition) is 7. The molecule has 1 aromatic rings. The lowest BCUT2D eigenvalue weighted by Crippen LogP contribution is -2.40. The second-order valence-corrected chi connectivity index (χ2v) is 8.64. The molecular formula is C14H19N5O4S2. The minimum atomic E-state index is -3.84. The Morgan fingerprint density at radius 2 is 1.88 bits per heavy atom. The van der Waals surface area contributed by atoms with E-state index < -0.39 is 21.4 Å². The Hall–Kier alpha value is -1.69. The molecule has 0 bridgehead atoms. The van der Waals surface area contributed by atoms with Gasteiger partial charge in [0.15, 0.2) is 5.37 Å². The minimum absolute atomic E-state index is 0.0578. The van der Waals surface area contributed by atoms with Gasteiger partial charge in [0.2, 0.25) is 10.0 Å². The summed E-state index contributed by atoms with van der Waals surface area (Å²) in [5.74, 6) is -0.680. The van der Waals surface area contributed by atoms with E-state index in [4.69, 9.17) is 5.11 Å². The van der Waals surface area contributed by atoms with E-state index in [1.807, 2.05) is 5.01 Å². The van der Waals surface area contributed by atoms with Gasteiger partial charge in [-0.15, -0.1) is 16.9 Å². The van der Waals surface area contributed by atoms with Crippen LogP contribution in [0.1, 0.15) is 0 Å². The van der Waals surface area contributed by atoms with Crippen LogP contribution >= 0.6 is 11.8 Å². The molecule has 3 rings (SSSR count). The maximum Gasteiger partial charge on any atom is 0.332 e. The van der Waals surface area contributed by atoms with Crippen molar-refractivity contribution < 1.29 is 18.3 Å². The quantitative estimate of drug-likeness (QED) is 0.718. The molecule has 0 amide bonds. The van der Waals surface area contributed by atoms with Gasteiger partial charge in [-0.05, 0) is 24.3 Å². The van der Waals surface area contributed by atoms with Gasteiger partial charge in [-0.25, -0.2) is 13.2 Å². The molecule has 2 aliphatic heterocycles. The van der Waals surface area contributed by atoms with E-state index in [9.17, 15) is 13.2 Å². The van der Waals surface area contributed by atoms with Crippen molar-refractivity contribution in [1.82, 2.24) is 14.6 Å². The first kappa shape index (κ1) is 18.1. The van der Waals surface area contributed by atoms with Crippen LogP contribution in [-0.4, -0.2) is 72.7 Å². The largest absolute Gasteiger partial charge is 0.479 e. The van der Waals surface area contributed by atoms with E-state index in [2.05, 4.69) is 15.7 Å². The second-order valence-electron chi connectivity index (χ2n) is 5.56. The van der Waals surface area contributed by atoms with Crippen LogP contribution in [-0.2, 0) is 14.8 Å². The number of piperazine rings is 1. The monoisotopic (exact) mass is 385 g/mol. The van der Waals surface area contributed by atoms with Gasteiger partial charge in [-0.2, -0.15) is 4.31 Å². The summed E-state index contributed by atoms with van der Waals surface area (Å²) in [5.41, 5.74) is 0.545. The van der Waals surface area contributed by atoms with Crippen molar-refractivity contribution in [1.29, 1.82) is 0 Å². The standard InChI is InChI=1S/C14H19N5O4S2/c20-14(21)13-19(9-10-24-13)25(22,23)12-3-1-11(2-4-12)16-17-18-7-5-15-6-8-18/h1-4,13,15H,5-10H2,(H,20,21). The molecule has 1 atom stereocenters. The van der Waals surface area contributed by atoms with Crippen molar-refractivity contribution in [3.8, 4) is 0 Å². The van der Waals surface area contributed by atoms with Gasteiger partial charge in [0.05, 0.1) is 23.7 Å². The smallest absolute Gasteiger partial charge is 0.332 e. The molecular weight excluding hydrogens is 366 g/mol. The van der Waals surface area contributed by atoms with Gasteiger partial charge < -0.3 is 10.4 Å². The first-order valence-corrected chi connectivity index (χ1v) is 10.3. The van der Waals surface area contributed by atoms with E-state index >= 15 is 0 Å². The number of aliphatic carboxylic acids is 1. The summed E-state index contributed by atoms with van der Waals surface area (Å²) in [6.45, 7) is 3.45. The fourth-order valence-electron chi connectivity index (χ4n) is 2.57. The highest BCUT2D eigenvalue weighted by atomic mass is 32.2. The van der Waals surface area contributed by atoms with Crippen LogP contribution in [0.2, 0.25) is 0 Å². The first-order valence-electron chi connectivity index (χ1n) is 7.82. The fourth-order valence-corrected chi connectivity index (χ4v) is 5.58. The maximum atomic E-state index is 12.6. The predicted octanol–water partition coefficient (Wildman–Crippen LogP) is 0.739. The number of benzene rings is 1. The van der Waals surface area contributed by atoms with Crippen molar-refractivity contribution in [3.63, 3.8) is 0 Å². The topological polar surface area (TPSA) is 115 Å². The average molecular weight is 385 g/mol. The third kappa shape index (κ3) is 4.11. The number of carboxylic acid groups (broad SMARTS) is 1.